The lowest BCUT2D eigenvalue weighted by atomic mass is 10.2. The molecule has 0 atom stereocenters. The first-order valence-corrected chi connectivity index (χ1v) is 8.32. The Morgan fingerprint density at radius 3 is 2.19 bits per heavy atom. The van der Waals surface area contributed by atoms with E-state index in [9.17, 15) is 37.4 Å². The average Bonchev–Trinajstić information content (AvgIpc) is 2.56. The molecule has 0 bridgehead atoms. The zero-order valence-electron chi connectivity index (χ0n) is 13.0. The summed E-state index contributed by atoms with van der Waals surface area (Å²) in [7, 11) is -5.03. The van der Waals surface area contributed by atoms with Crippen molar-refractivity contribution < 1.29 is 31.8 Å². The Balaban J connectivity index is 2.53. The number of nitro benzene ring substituents is 2. The van der Waals surface area contributed by atoms with Crippen molar-refractivity contribution in [3.8, 4) is 11.5 Å². The zero-order chi connectivity index (χ0) is 19.6. The molecule has 0 radical (unpaired) electrons. The molecule has 2 aromatic rings. The van der Waals surface area contributed by atoms with Gasteiger partial charge in [-0.1, -0.05) is 0 Å². The number of sulfone groups is 1. The lowest BCUT2D eigenvalue weighted by Gasteiger charge is -2.10. The number of hydrogen-bond acceptors (Lipinski definition) is 7. The van der Waals surface area contributed by atoms with Crippen molar-refractivity contribution in [1.29, 1.82) is 0 Å². The number of non-ortho nitro benzene ring substituents is 1. The van der Waals surface area contributed by atoms with Crippen molar-refractivity contribution in [3.05, 3.63) is 62.2 Å². The Bertz CT molecular complexity index is 993. The molecule has 138 valence electrons. The summed E-state index contributed by atoms with van der Waals surface area (Å²) in [5, 5.41) is 22.0. The van der Waals surface area contributed by atoms with Crippen molar-refractivity contribution in [1.82, 2.24) is 0 Å². The van der Waals surface area contributed by atoms with Crippen molar-refractivity contribution in [2.45, 2.75) is 17.6 Å². The average molecular weight is 388 g/mol. The Morgan fingerprint density at radius 1 is 1.00 bits per heavy atom. The fourth-order valence-corrected chi connectivity index (χ4v) is 2.68. The summed E-state index contributed by atoms with van der Waals surface area (Å²) in [5.74, 6) is -4.27. The van der Waals surface area contributed by atoms with Gasteiger partial charge < -0.3 is 4.74 Å². The quantitative estimate of drug-likeness (QED) is 0.546. The minimum Gasteiger partial charge on any atom is -0.450 e. The maximum atomic E-state index is 12.6. The molecule has 0 fully saturated rings. The Morgan fingerprint density at radius 2 is 1.65 bits per heavy atom. The highest BCUT2D eigenvalue weighted by molar-refractivity contribution is 7.91. The summed E-state index contributed by atoms with van der Waals surface area (Å²) >= 11 is 0. The highest BCUT2D eigenvalue weighted by atomic mass is 32.2. The second kappa shape index (κ2) is 7.00. The molecule has 0 spiro atoms. The molecular weight excluding hydrogens is 378 g/mol. The molecule has 0 heterocycles. The fraction of sp³-hybridized carbons (Fsp3) is 0.143. The molecule has 12 heteroatoms. The van der Waals surface area contributed by atoms with Gasteiger partial charge in [-0.15, -0.1) is 0 Å². The van der Waals surface area contributed by atoms with Crippen LogP contribution in [-0.4, -0.2) is 24.0 Å². The van der Waals surface area contributed by atoms with Gasteiger partial charge in [-0.05, 0) is 30.7 Å². The largest absolute Gasteiger partial charge is 0.450 e. The maximum Gasteiger partial charge on any atom is 0.341 e. The van der Waals surface area contributed by atoms with Crippen LogP contribution < -0.4 is 4.74 Å². The molecule has 0 aliphatic heterocycles. The number of benzene rings is 2. The Kier molecular flexibility index (Phi) is 5.16. The third-order valence-corrected chi connectivity index (χ3v) is 4.67. The van der Waals surface area contributed by atoms with Crippen LogP contribution in [0.5, 0.6) is 11.5 Å². The van der Waals surface area contributed by atoms with Crippen LogP contribution in [0.2, 0.25) is 0 Å². The van der Waals surface area contributed by atoms with Crippen molar-refractivity contribution in [2.75, 3.05) is 0 Å². The van der Waals surface area contributed by atoms with Crippen LogP contribution in [0, 0.1) is 27.2 Å². The van der Waals surface area contributed by atoms with Gasteiger partial charge in [0.2, 0.25) is 15.6 Å². The van der Waals surface area contributed by atoms with Crippen LogP contribution in [0.1, 0.15) is 5.56 Å². The van der Waals surface area contributed by atoms with Crippen molar-refractivity contribution in [3.63, 3.8) is 0 Å². The molecule has 9 nitrogen and oxygen atoms in total. The first-order chi connectivity index (χ1) is 12.0. The molecule has 0 unspecified atom stereocenters. The van der Waals surface area contributed by atoms with Crippen LogP contribution in [0.4, 0.5) is 20.2 Å². The van der Waals surface area contributed by atoms with Crippen LogP contribution in [0.15, 0.2) is 41.3 Å². The highest BCUT2D eigenvalue weighted by Crippen LogP contribution is 2.36. The first kappa shape index (κ1) is 19.2. The van der Waals surface area contributed by atoms with Gasteiger partial charge in [-0.25, -0.2) is 8.42 Å². The van der Waals surface area contributed by atoms with Gasteiger partial charge in [0.15, 0.2) is 0 Å². The molecular formula is C14H10F2N2O7S. The fourth-order valence-electron chi connectivity index (χ4n) is 1.94. The molecule has 0 aromatic heterocycles. The van der Waals surface area contributed by atoms with Crippen LogP contribution in [-0.2, 0) is 9.84 Å². The summed E-state index contributed by atoms with van der Waals surface area (Å²) in [6, 6.07) is 5.61. The van der Waals surface area contributed by atoms with E-state index in [4.69, 9.17) is 4.74 Å². The van der Waals surface area contributed by atoms with E-state index < -0.39 is 41.8 Å². The molecule has 2 rings (SSSR count). The van der Waals surface area contributed by atoms with Crippen LogP contribution in [0.3, 0.4) is 0 Å². The van der Waals surface area contributed by atoms with E-state index in [0.717, 1.165) is 18.2 Å². The second-order valence-electron chi connectivity index (χ2n) is 5.00. The first-order valence-electron chi connectivity index (χ1n) is 6.77. The minimum atomic E-state index is -5.03. The summed E-state index contributed by atoms with van der Waals surface area (Å²) in [6.07, 6.45) is 0. The number of halogens is 2. The van der Waals surface area contributed by atoms with Gasteiger partial charge >= 0.3 is 11.4 Å². The van der Waals surface area contributed by atoms with Crippen molar-refractivity contribution >= 4 is 21.2 Å². The normalized spacial score (nSPS) is 11.4. The number of aryl methyl sites for hydroxylation is 1. The molecule has 0 amide bonds. The number of hydrogen-bond donors (Lipinski definition) is 0. The molecule has 0 saturated heterocycles. The van der Waals surface area contributed by atoms with Gasteiger partial charge in [0.05, 0.1) is 20.8 Å². The van der Waals surface area contributed by atoms with Crippen LogP contribution >= 0.6 is 0 Å². The third-order valence-electron chi connectivity index (χ3n) is 3.29. The summed E-state index contributed by atoms with van der Waals surface area (Å²) in [4.78, 5) is 19.3. The molecule has 0 N–H and O–H groups in total. The molecule has 26 heavy (non-hydrogen) atoms. The third kappa shape index (κ3) is 3.74. The molecule has 0 aliphatic rings. The van der Waals surface area contributed by atoms with Gasteiger partial charge in [-0.2, -0.15) is 8.78 Å². The van der Waals surface area contributed by atoms with Gasteiger partial charge in [0.25, 0.3) is 5.69 Å². The predicted molar refractivity (Wildman–Crippen MR) is 84.2 cm³/mol. The summed E-state index contributed by atoms with van der Waals surface area (Å²) in [6.45, 7) is 1.53. The Labute approximate surface area is 145 Å². The lowest BCUT2D eigenvalue weighted by molar-refractivity contribution is -0.386. The van der Waals surface area contributed by atoms with E-state index in [1.807, 2.05) is 0 Å². The second-order valence-corrected chi connectivity index (χ2v) is 6.92. The van der Waals surface area contributed by atoms with E-state index in [0.29, 0.717) is 11.6 Å². The monoisotopic (exact) mass is 388 g/mol. The molecule has 0 aliphatic carbocycles. The smallest absolute Gasteiger partial charge is 0.341 e. The van der Waals surface area contributed by atoms with Crippen LogP contribution in [0.25, 0.3) is 0 Å². The molecule has 0 saturated carbocycles. The van der Waals surface area contributed by atoms with E-state index >= 15 is 0 Å². The SMILES string of the molecule is Cc1ccc([N+](=O)[O-])cc1Oc1ccc(S(=O)(=O)C(F)F)cc1[N+](=O)[O-]. The summed E-state index contributed by atoms with van der Waals surface area (Å²) < 4.78 is 53.4. The standard InChI is InChI=1S/C14H10F2N2O7S/c1-8-2-3-9(17(19)20)6-13(8)25-12-5-4-10(7-11(12)18(21)22)26(23,24)14(15)16/h2-7,14H,1H3. The predicted octanol–water partition coefficient (Wildman–Crippen LogP) is 3.60. The van der Waals surface area contributed by atoms with E-state index in [1.54, 1.807) is 0 Å². The van der Waals surface area contributed by atoms with Crippen molar-refractivity contribution in [2.24, 2.45) is 0 Å². The zero-order valence-corrected chi connectivity index (χ0v) is 13.8. The van der Waals surface area contributed by atoms with Gasteiger partial charge in [0, 0.05) is 12.1 Å². The van der Waals surface area contributed by atoms with E-state index in [2.05, 4.69) is 0 Å². The van der Waals surface area contributed by atoms with E-state index in [-0.39, 0.29) is 11.4 Å². The highest BCUT2D eigenvalue weighted by Gasteiger charge is 2.30. The number of alkyl halides is 2. The van der Waals surface area contributed by atoms with Gasteiger partial charge in [-0.3, -0.25) is 20.2 Å². The number of rotatable bonds is 6. The maximum absolute atomic E-state index is 12.6. The number of ether oxygens (including phenoxy) is 1. The minimum absolute atomic E-state index is 0.0771. The van der Waals surface area contributed by atoms with E-state index in [1.165, 1.54) is 19.1 Å². The number of nitrogens with zero attached hydrogens (tertiary/aromatic N) is 2. The lowest BCUT2D eigenvalue weighted by Crippen LogP contribution is -2.11. The van der Waals surface area contributed by atoms with Gasteiger partial charge in [0.1, 0.15) is 5.75 Å². The molecule has 2 aromatic carbocycles. The Hall–Kier alpha value is -3.15. The topological polar surface area (TPSA) is 130 Å². The summed E-state index contributed by atoms with van der Waals surface area (Å²) in [5.41, 5.74) is -0.794. The number of nitro groups is 2.